The number of hydrogen-bond donors (Lipinski definition) is 1. The van der Waals surface area contributed by atoms with Gasteiger partial charge in [-0.2, -0.15) is 0 Å². The first-order valence-electron chi connectivity index (χ1n) is 7.71. The number of benzene rings is 1. The van der Waals surface area contributed by atoms with E-state index in [9.17, 15) is 0 Å². The van der Waals surface area contributed by atoms with Crippen LogP contribution in [-0.4, -0.2) is 0 Å². The highest BCUT2D eigenvalue weighted by atomic mass is 16.3. The molecule has 1 heterocycles. The molecule has 4 unspecified atom stereocenters. The van der Waals surface area contributed by atoms with E-state index in [1.165, 1.54) is 24.0 Å². The highest BCUT2D eigenvalue weighted by Gasteiger charge is 2.56. The minimum absolute atomic E-state index is 0.0523. The third-order valence-corrected chi connectivity index (χ3v) is 5.16. The van der Waals surface area contributed by atoms with E-state index in [-0.39, 0.29) is 6.04 Å². The van der Waals surface area contributed by atoms with Crippen LogP contribution in [0.4, 0.5) is 0 Å². The molecule has 0 spiro atoms. The Labute approximate surface area is 120 Å². The van der Waals surface area contributed by atoms with Crippen molar-refractivity contribution in [2.24, 2.45) is 17.6 Å². The molecule has 2 aliphatic rings. The average molecular weight is 267 g/mol. The molecule has 2 aromatic rings. The maximum Gasteiger partial charge on any atom is 0.121 e. The molecule has 2 aliphatic carbocycles. The van der Waals surface area contributed by atoms with Crippen molar-refractivity contribution in [3.8, 4) is 0 Å². The third kappa shape index (κ3) is 1.75. The second-order valence-electron chi connectivity index (χ2n) is 6.19. The summed E-state index contributed by atoms with van der Waals surface area (Å²) in [4.78, 5) is 0. The predicted octanol–water partition coefficient (Wildman–Crippen LogP) is 3.82. The summed E-state index contributed by atoms with van der Waals surface area (Å²) >= 11 is 0. The Hall–Kier alpha value is -1.54. The summed E-state index contributed by atoms with van der Waals surface area (Å²) in [6.07, 6.45) is 3.42. The van der Waals surface area contributed by atoms with Crippen molar-refractivity contribution >= 4 is 0 Å². The lowest BCUT2D eigenvalue weighted by Gasteiger charge is -2.13. The number of furan rings is 1. The van der Waals surface area contributed by atoms with Crippen LogP contribution in [0.25, 0.3) is 0 Å². The molecule has 1 aromatic carbocycles. The van der Waals surface area contributed by atoms with E-state index in [1.54, 1.807) is 0 Å². The molecule has 0 amide bonds. The molecule has 0 bridgehead atoms. The van der Waals surface area contributed by atoms with E-state index in [4.69, 9.17) is 10.2 Å². The van der Waals surface area contributed by atoms with Crippen LogP contribution in [0.3, 0.4) is 0 Å². The molecule has 0 saturated heterocycles. The van der Waals surface area contributed by atoms with Crippen LogP contribution in [0.5, 0.6) is 0 Å². The number of nitrogens with two attached hydrogens (primary N) is 1. The minimum Gasteiger partial charge on any atom is -0.464 e. The number of hydrogen-bond acceptors (Lipinski definition) is 2. The summed E-state index contributed by atoms with van der Waals surface area (Å²) in [6.45, 7) is 2.11. The fourth-order valence-electron chi connectivity index (χ4n) is 4.06. The zero-order valence-corrected chi connectivity index (χ0v) is 11.9. The lowest BCUT2D eigenvalue weighted by atomic mass is 9.92. The van der Waals surface area contributed by atoms with E-state index in [2.05, 4.69) is 43.3 Å². The molecule has 2 heteroatoms. The molecule has 1 aromatic heterocycles. The standard InChI is InChI=1S/C18H21NO/c1-2-12-8-10-15(20-12)18(19)17-14-9-7-11-5-3-4-6-13(11)16(14)17/h3-6,8,10,14,16-18H,2,7,9,19H2,1H3. The van der Waals surface area contributed by atoms with Crippen molar-refractivity contribution in [2.45, 2.75) is 38.1 Å². The summed E-state index contributed by atoms with van der Waals surface area (Å²) in [5.74, 6) is 3.99. The smallest absolute Gasteiger partial charge is 0.121 e. The summed E-state index contributed by atoms with van der Waals surface area (Å²) in [6, 6.07) is 13.1. The van der Waals surface area contributed by atoms with Crippen molar-refractivity contribution < 1.29 is 4.42 Å². The minimum atomic E-state index is 0.0523. The molecule has 1 fully saturated rings. The molecule has 4 atom stereocenters. The van der Waals surface area contributed by atoms with Gasteiger partial charge in [-0.25, -0.2) is 0 Å². The quantitative estimate of drug-likeness (QED) is 0.918. The number of fused-ring (bicyclic) bond motifs is 3. The van der Waals surface area contributed by atoms with Crippen LogP contribution in [0.15, 0.2) is 40.8 Å². The van der Waals surface area contributed by atoms with Crippen molar-refractivity contribution in [1.82, 2.24) is 0 Å². The van der Waals surface area contributed by atoms with Crippen LogP contribution < -0.4 is 5.73 Å². The van der Waals surface area contributed by atoms with Gasteiger partial charge in [0.2, 0.25) is 0 Å². The Kier molecular flexibility index (Phi) is 2.74. The lowest BCUT2D eigenvalue weighted by molar-refractivity contribution is 0.405. The topological polar surface area (TPSA) is 39.2 Å². The van der Waals surface area contributed by atoms with Gasteiger partial charge in [0.05, 0.1) is 6.04 Å². The number of aryl methyl sites for hydroxylation is 2. The van der Waals surface area contributed by atoms with Crippen LogP contribution in [0.2, 0.25) is 0 Å². The first-order valence-corrected chi connectivity index (χ1v) is 7.71. The van der Waals surface area contributed by atoms with Gasteiger partial charge in [-0.3, -0.25) is 0 Å². The molecule has 1 saturated carbocycles. The van der Waals surface area contributed by atoms with Crippen molar-refractivity contribution in [3.63, 3.8) is 0 Å². The molecular formula is C18H21NO. The zero-order valence-electron chi connectivity index (χ0n) is 11.9. The van der Waals surface area contributed by atoms with E-state index in [0.29, 0.717) is 11.8 Å². The molecule has 104 valence electrons. The molecule has 0 aliphatic heterocycles. The fourth-order valence-corrected chi connectivity index (χ4v) is 4.06. The molecule has 20 heavy (non-hydrogen) atoms. The molecule has 4 rings (SSSR count). The normalized spacial score (nSPS) is 28.6. The van der Waals surface area contributed by atoms with Gasteiger partial charge in [0, 0.05) is 6.42 Å². The van der Waals surface area contributed by atoms with Crippen LogP contribution in [0, 0.1) is 11.8 Å². The van der Waals surface area contributed by atoms with Gasteiger partial charge in [0.1, 0.15) is 11.5 Å². The maximum absolute atomic E-state index is 6.49. The van der Waals surface area contributed by atoms with Gasteiger partial charge in [-0.05, 0) is 53.9 Å². The fraction of sp³-hybridized carbons (Fsp3) is 0.444. The Balaban J connectivity index is 1.60. The average Bonchev–Trinajstić information content (AvgIpc) is 3.04. The van der Waals surface area contributed by atoms with Crippen LogP contribution in [0.1, 0.15) is 48.0 Å². The SMILES string of the molecule is CCc1ccc(C(N)C2C3CCc4ccccc4C32)o1. The molecule has 2 nitrogen and oxygen atoms in total. The zero-order chi connectivity index (χ0) is 13.7. The first kappa shape index (κ1) is 12.2. The van der Waals surface area contributed by atoms with Gasteiger partial charge in [0.25, 0.3) is 0 Å². The van der Waals surface area contributed by atoms with Gasteiger partial charge < -0.3 is 10.2 Å². The summed E-state index contributed by atoms with van der Waals surface area (Å²) in [7, 11) is 0. The molecule has 0 radical (unpaired) electrons. The first-order chi connectivity index (χ1) is 9.79. The van der Waals surface area contributed by atoms with Gasteiger partial charge in [-0.1, -0.05) is 31.2 Å². The van der Waals surface area contributed by atoms with Gasteiger partial charge in [-0.15, -0.1) is 0 Å². The highest BCUT2D eigenvalue weighted by molar-refractivity contribution is 5.40. The Morgan fingerprint density at radius 1 is 1.25 bits per heavy atom. The van der Waals surface area contributed by atoms with E-state index in [1.807, 2.05) is 0 Å². The third-order valence-electron chi connectivity index (χ3n) is 5.16. The van der Waals surface area contributed by atoms with Crippen molar-refractivity contribution in [2.75, 3.05) is 0 Å². The molecule has 2 N–H and O–H groups in total. The predicted molar refractivity (Wildman–Crippen MR) is 79.5 cm³/mol. The second kappa shape index (κ2) is 4.49. The van der Waals surface area contributed by atoms with E-state index >= 15 is 0 Å². The van der Waals surface area contributed by atoms with E-state index < -0.39 is 0 Å². The summed E-state index contributed by atoms with van der Waals surface area (Å²) in [5, 5.41) is 0. The second-order valence-corrected chi connectivity index (χ2v) is 6.19. The maximum atomic E-state index is 6.49. The highest BCUT2D eigenvalue weighted by Crippen LogP contribution is 2.63. The Morgan fingerprint density at radius 2 is 2.10 bits per heavy atom. The van der Waals surface area contributed by atoms with Crippen molar-refractivity contribution in [3.05, 3.63) is 59.0 Å². The van der Waals surface area contributed by atoms with Gasteiger partial charge in [0.15, 0.2) is 0 Å². The van der Waals surface area contributed by atoms with E-state index in [0.717, 1.165) is 23.9 Å². The number of rotatable bonds is 3. The summed E-state index contributed by atoms with van der Waals surface area (Å²) in [5.41, 5.74) is 9.55. The van der Waals surface area contributed by atoms with Crippen molar-refractivity contribution in [1.29, 1.82) is 0 Å². The van der Waals surface area contributed by atoms with Crippen LogP contribution in [-0.2, 0) is 12.8 Å². The largest absolute Gasteiger partial charge is 0.464 e. The van der Waals surface area contributed by atoms with Crippen LogP contribution >= 0.6 is 0 Å². The monoisotopic (exact) mass is 267 g/mol. The molecular weight excluding hydrogens is 246 g/mol. The lowest BCUT2D eigenvalue weighted by Crippen LogP contribution is -2.13. The Morgan fingerprint density at radius 3 is 2.90 bits per heavy atom. The Bertz CT molecular complexity index is 630. The van der Waals surface area contributed by atoms with Gasteiger partial charge >= 0.3 is 0 Å². The summed E-state index contributed by atoms with van der Waals surface area (Å²) < 4.78 is 5.86.